The lowest BCUT2D eigenvalue weighted by molar-refractivity contribution is -0.387. The molecule has 0 saturated heterocycles. The summed E-state index contributed by atoms with van der Waals surface area (Å²) in [7, 11) is 1.96. The summed E-state index contributed by atoms with van der Waals surface area (Å²) < 4.78 is 13.3. The van der Waals surface area contributed by atoms with E-state index in [1.54, 1.807) is 0 Å². The van der Waals surface area contributed by atoms with Crippen molar-refractivity contribution in [3.8, 4) is 0 Å². The van der Waals surface area contributed by atoms with E-state index in [1.165, 1.54) is 25.3 Å². The minimum absolute atomic E-state index is 0.380. The second kappa shape index (κ2) is 6.95. The first-order chi connectivity index (χ1) is 9.99. The van der Waals surface area contributed by atoms with E-state index in [9.17, 15) is 19.6 Å². The standard InChI is InChI=1S/C15H21FN2O3/c1-17(12-5-3-2-4-6-12)10-15(19)11-7-8-13(16)14(9-11)18(20)21/h7-9,12,15,19H,2-6,10H2,1H3. The minimum atomic E-state index is -0.878. The van der Waals surface area contributed by atoms with Crippen molar-refractivity contribution in [1.29, 1.82) is 0 Å². The van der Waals surface area contributed by atoms with E-state index < -0.39 is 22.5 Å². The van der Waals surface area contributed by atoms with Gasteiger partial charge < -0.3 is 10.0 Å². The molecule has 1 aromatic rings. The molecule has 0 heterocycles. The van der Waals surface area contributed by atoms with Crippen molar-refractivity contribution < 1.29 is 14.4 Å². The number of nitro benzene ring substituents is 1. The molecule has 0 amide bonds. The molecule has 1 aliphatic carbocycles. The molecule has 21 heavy (non-hydrogen) atoms. The average Bonchev–Trinajstić information content (AvgIpc) is 2.48. The zero-order chi connectivity index (χ0) is 15.4. The topological polar surface area (TPSA) is 66.6 Å². The SMILES string of the molecule is CN(CC(O)c1ccc(F)c([N+](=O)[O-])c1)C1CCCCC1. The molecule has 1 aliphatic rings. The Kier molecular flexibility index (Phi) is 5.25. The van der Waals surface area contributed by atoms with E-state index in [0.717, 1.165) is 25.0 Å². The smallest absolute Gasteiger partial charge is 0.305 e. The molecule has 0 aromatic heterocycles. The maximum absolute atomic E-state index is 13.3. The first-order valence-electron chi connectivity index (χ1n) is 7.31. The Morgan fingerprint density at radius 3 is 2.71 bits per heavy atom. The summed E-state index contributed by atoms with van der Waals surface area (Å²) in [5, 5.41) is 21.0. The number of nitro groups is 1. The predicted octanol–water partition coefficient (Wildman–Crippen LogP) is 3.03. The molecule has 0 aliphatic heterocycles. The van der Waals surface area contributed by atoms with E-state index >= 15 is 0 Å². The number of rotatable bonds is 5. The van der Waals surface area contributed by atoms with Crippen molar-refractivity contribution >= 4 is 5.69 Å². The average molecular weight is 296 g/mol. The Bertz CT molecular complexity index is 504. The molecule has 0 spiro atoms. The Hall–Kier alpha value is -1.53. The maximum Gasteiger partial charge on any atom is 0.305 e. The predicted molar refractivity (Wildman–Crippen MR) is 77.5 cm³/mol. The lowest BCUT2D eigenvalue weighted by Gasteiger charge is -2.32. The second-order valence-electron chi connectivity index (χ2n) is 5.72. The number of benzene rings is 1. The van der Waals surface area contributed by atoms with Crippen molar-refractivity contribution in [2.75, 3.05) is 13.6 Å². The Morgan fingerprint density at radius 2 is 2.10 bits per heavy atom. The second-order valence-corrected chi connectivity index (χ2v) is 5.72. The first-order valence-corrected chi connectivity index (χ1v) is 7.31. The summed E-state index contributed by atoms with van der Waals surface area (Å²) in [4.78, 5) is 12.1. The van der Waals surface area contributed by atoms with Crippen LogP contribution in [-0.2, 0) is 0 Å². The summed E-state index contributed by atoms with van der Waals surface area (Å²) in [6.07, 6.45) is 5.05. The molecule has 116 valence electrons. The van der Waals surface area contributed by atoms with Crippen LogP contribution >= 0.6 is 0 Å². The van der Waals surface area contributed by atoms with Crippen LogP contribution in [0.25, 0.3) is 0 Å². The quantitative estimate of drug-likeness (QED) is 0.670. The fraction of sp³-hybridized carbons (Fsp3) is 0.600. The van der Waals surface area contributed by atoms with Gasteiger partial charge in [0.05, 0.1) is 11.0 Å². The van der Waals surface area contributed by atoms with Crippen LogP contribution in [0.15, 0.2) is 18.2 Å². The van der Waals surface area contributed by atoms with Crippen molar-refractivity contribution in [3.63, 3.8) is 0 Å². The number of hydrogen-bond donors (Lipinski definition) is 1. The first kappa shape index (κ1) is 15.9. The van der Waals surface area contributed by atoms with Gasteiger partial charge in [-0.3, -0.25) is 10.1 Å². The Labute approximate surface area is 123 Å². The number of halogens is 1. The minimum Gasteiger partial charge on any atom is -0.387 e. The highest BCUT2D eigenvalue weighted by Gasteiger charge is 2.22. The van der Waals surface area contributed by atoms with Crippen LogP contribution in [0.3, 0.4) is 0 Å². The van der Waals surface area contributed by atoms with E-state index in [-0.39, 0.29) is 0 Å². The van der Waals surface area contributed by atoms with Crippen molar-refractivity contribution in [1.82, 2.24) is 4.90 Å². The highest BCUT2D eigenvalue weighted by atomic mass is 19.1. The normalized spacial score (nSPS) is 17.9. The third-order valence-electron chi connectivity index (χ3n) is 4.21. The molecular formula is C15H21FN2O3. The van der Waals surface area contributed by atoms with Gasteiger partial charge in [-0.15, -0.1) is 0 Å². The van der Waals surface area contributed by atoms with Crippen molar-refractivity contribution in [2.24, 2.45) is 0 Å². The van der Waals surface area contributed by atoms with E-state index in [2.05, 4.69) is 4.90 Å². The zero-order valence-corrected chi connectivity index (χ0v) is 12.2. The van der Waals surface area contributed by atoms with Gasteiger partial charge in [0.25, 0.3) is 0 Å². The number of likely N-dealkylation sites (N-methyl/N-ethyl adjacent to an activating group) is 1. The van der Waals surface area contributed by atoms with Crippen molar-refractivity contribution in [3.05, 3.63) is 39.7 Å². The van der Waals surface area contributed by atoms with Gasteiger partial charge in [0.2, 0.25) is 5.82 Å². The molecule has 5 nitrogen and oxygen atoms in total. The third kappa shape index (κ3) is 3.98. The molecule has 1 atom stereocenters. The van der Waals surface area contributed by atoms with Crippen LogP contribution in [0.5, 0.6) is 0 Å². The summed E-state index contributed by atoms with van der Waals surface area (Å²) in [6, 6.07) is 4.01. The molecular weight excluding hydrogens is 275 g/mol. The van der Waals surface area contributed by atoms with Gasteiger partial charge >= 0.3 is 5.69 Å². The zero-order valence-electron chi connectivity index (χ0n) is 12.2. The molecule has 1 fully saturated rings. The number of hydrogen-bond acceptors (Lipinski definition) is 4. The van der Waals surface area contributed by atoms with Gasteiger partial charge in [0.15, 0.2) is 0 Å². The Balaban J connectivity index is 2.04. The Morgan fingerprint density at radius 1 is 1.43 bits per heavy atom. The van der Waals surface area contributed by atoms with Crippen LogP contribution in [-0.4, -0.2) is 34.6 Å². The van der Waals surface area contributed by atoms with Gasteiger partial charge in [-0.25, -0.2) is 0 Å². The highest BCUT2D eigenvalue weighted by molar-refractivity contribution is 5.37. The van der Waals surface area contributed by atoms with Crippen LogP contribution in [0.4, 0.5) is 10.1 Å². The molecule has 1 N–H and O–H groups in total. The van der Waals surface area contributed by atoms with Crippen LogP contribution in [0, 0.1) is 15.9 Å². The summed E-state index contributed by atoms with van der Waals surface area (Å²) in [5.41, 5.74) is -0.211. The maximum atomic E-state index is 13.3. The van der Waals surface area contributed by atoms with Gasteiger partial charge in [-0.1, -0.05) is 25.3 Å². The molecule has 1 saturated carbocycles. The monoisotopic (exact) mass is 296 g/mol. The van der Waals surface area contributed by atoms with Gasteiger partial charge in [-0.2, -0.15) is 4.39 Å². The van der Waals surface area contributed by atoms with Gasteiger partial charge in [0, 0.05) is 18.7 Å². The lowest BCUT2D eigenvalue weighted by Crippen LogP contribution is -2.36. The molecule has 2 rings (SSSR count). The molecule has 1 aromatic carbocycles. The van der Waals surface area contributed by atoms with E-state index in [1.807, 2.05) is 7.05 Å². The highest BCUT2D eigenvalue weighted by Crippen LogP contribution is 2.26. The summed E-state index contributed by atoms with van der Waals surface area (Å²) >= 11 is 0. The molecule has 0 bridgehead atoms. The molecule has 1 unspecified atom stereocenters. The van der Waals surface area contributed by atoms with E-state index in [0.29, 0.717) is 18.2 Å². The number of aliphatic hydroxyl groups is 1. The number of aliphatic hydroxyl groups excluding tert-OH is 1. The van der Waals surface area contributed by atoms with Crippen molar-refractivity contribution in [2.45, 2.75) is 44.2 Å². The van der Waals surface area contributed by atoms with Gasteiger partial charge in [-0.05, 0) is 31.5 Å². The fourth-order valence-electron chi connectivity index (χ4n) is 2.93. The fourth-order valence-corrected chi connectivity index (χ4v) is 2.93. The lowest BCUT2D eigenvalue weighted by atomic mass is 9.94. The van der Waals surface area contributed by atoms with Crippen LogP contribution in [0.2, 0.25) is 0 Å². The molecule has 6 heteroatoms. The largest absolute Gasteiger partial charge is 0.387 e. The summed E-state index contributed by atoms with van der Waals surface area (Å²) in [6.45, 7) is 0.396. The van der Waals surface area contributed by atoms with Gasteiger partial charge in [0.1, 0.15) is 0 Å². The van der Waals surface area contributed by atoms with E-state index in [4.69, 9.17) is 0 Å². The molecule has 0 radical (unpaired) electrons. The van der Waals surface area contributed by atoms with Crippen LogP contribution < -0.4 is 0 Å². The third-order valence-corrected chi connectivity index (χ3v) is 4.21. The number of nitrogens with zero attached hydrogens (tertiary/aromatic N) is 2. The summed E-state index contributed by atoms with van der Waals surface area (Å²) in [5.74, 6) is -0.878. The van der Waals surface area contributed by atoms with Crippen LogP contribution in [0.1, 0.15) is 43.8 Å².